The van der Waals surface area contributed by atoms with Crippen LogP contribution in [0.4, 0.5) is 0 Å². The number of ether oxygens (including phenoxy) is 1. The summed E-state index contributed by atoms with van der Waals surface area (Å²) in [5, 5.41) is 0. The molecule has 2 N–H and O–H groups in total. The van der Waals surface area contributed by atoms with Crippen LogP contribution in [0, 0.1) is 12.3 Å². The highest BCUT2D eigenvalue weighted by Crippen LogP contribution is 2.16. The molecule has 0 heterocycles. The molecule has 0 saturated heterocycles. The van der Waals surface area contributed by atoms with E-state index in [0.29, 0.717) is 22.8 Å². The molecule has 0 aliphatic rings. The van der Waals surface area contributed by atoms with Gasteiger partial charge < -0.3 is 16.9 Å². The molecule has 0 rings (SSSR count). The normalized spacial score (nSPS) is 13.6. The lowest BCUT2D eigenvalue weighted by atomic mass is 10.2. The molecule has 0 unspecified atom stereocenters. The zero-order chi connectivity index (χ0) is 11.3. The zero-order valence-corrected chi connectivity index (χ0v) is 9.19. The maximum absolute atomic E-state index is 6.92. The van der Waals surface area contributed by atoms with Crippen LogP contribution in [0.15, 0.2) is 34.9 Å². The Bertz CT molecular complexity index is 336. The highest BCUT2D eigenvalue weighted by atomic mass is 16.5. The van der Waals surface area contributed by atoms with E-state index in [1.165, 1.54) is 0 Å². The molecular formula is C12H16NO-. The summed E-state index contributed by atoms with van der Waals surface area (Å²) in [6, 6.07) is 0. The molecular weight excluding hydrogens is 174 g/mol. The molecule has 0 spiro atoms. The molecule has 0 aromatic heterocycles. The quantitative estimate of drug-likeness (QED) is 0.321. The van der Waals surface area contributed by atoms with Crippen molar-refractivity contribution in [3.05, 3.63) is 41.4 Å². The molecule has 0 aliphatic heterocycles. The van der Waals surface area contributed by atoms with Crippen LogP contribution in [0.1, 0.15) is 27.7 Å². The second-order valence-electron chi connectivity index (χ2n) is 3.14. The van der Waals surface area contributed by atoms with E-state index in [-0.39, 0.29) is 0 Å². The van der Waals surface area contributed by atoms with Crippen molar-refractivity contribution in [1.82, 2.24) is 0 Å². The van der Waals surface area contributed by atoms with Crippen molar-refractivity contribution in [2.45, 2.75) is 27.7 Å². The number of hydrogen-bond donors (Lipinski definition) is 1. The molecule has 0 aliphatic carbocycles. The van der Waals surface area contributed by atoms with Crippen LogP contribution < -0.4 is 5.73 Å². The lowest BCUT2D eigenvalue weighted by molar-refractivity contribution is 0.314. The van der Waals surface area contributed by atoms with Crippen LogP contribution in [0.2, 0.25) is 0 Å². The third-order valence-electron chi connectivity index (χ3n) is 2.00. The van der Waals surface area contributed by atoms with Gasteiger partial charge >= 0.3 is 0 Å². The highest BCUT2D eigenvalue weighted by Gasteiger charge is 2.00. The minimum atomic E-state index is 0.511. The molecule has 0 bridgehead atoms. The average Bonchev–Trinajstić information content (AvgIpc) is 2.14. The first-order chi connectivity index (χ1) is 6.40. The van der Waals surface area contributed by atoms with Gasteiger partial charge in [-0.1, -0.05) is 13.5 Å². The van der Waals surface area contributed by atoms with Crippen molar-refractivity contribution in [3.63, 3.8) is 0 Å². The van der Waals surface area contributed by atoms with Crippen molar-refractivity contribution in [1.29, 1.82) is 0 Å². The Labute approximate surface area is 86.1 Å². The monoisotopic (exact) mass is 190 g/mol. The molecule has 14 heavy (non-hydrogen) atoms. The molecule has 2 heteroatoms. The van der Waals surface area contributed by atoms with Gasteiger partial charge in [0.2, 0.25) is 0 Å². The summed E-state index contributed by atoms with van der Waals surface area (Å²) < 4.78 is 5.39. The van der Waals surface area contributed by atoms with Gasteiger partial charge in [-0.15, -0.1) is 5.57 Å². The molecule has 0 saturated carbocycles. The number of hydrogen-bond acceptors (Lipinski definition) is 2. The van der Waals surface area contributed by atoms with Gasteiger partial charge in [0.25, 0.3) is 0 Å². The summed E-state index contributed by atoms with van der Waals surface area (Å²) >= 11 is 0. The van der Waals surface area contributed by atoms with Gasteiger partial charge in [-0.3, -0.25) is 5.92 Å². The van der Waals surface area contributed by atoms with Crippen molar-refractivity contribution in [2.75, 3.05) is 0 Å². The predicted octanol–water partition coefficient (Wildman–Crippen LogP) is 2.65. The molecule has 2 nitrogen and oxygen atoms in total. The Morgan fingerprint density at radius 2 is 1.79 bits per heavy atom. The van der Waals surface area contributed by atoms with Crippen molar-refractivity contribution in [2.24, 2.45) is 5.73 Å². The van der Waals surface area contributed by atoms with Crippen LogP contribution in [0.25, 0.3) is 0 Å². The summed E-state index contributed by atoms with van der Waals surface area (Å²) in [5.74, 6) is 3.38. The molecule has 0 aromatic carbocycles. The largest absolute Gasteiger partial charge is 0.480 e. The van der Waals surface area contributed by atoms with Crippen LogP contribution in [0.3, 0.4) is 0 Å². The van der Waals surface area contributed by atoms with Crippen molar-refractivity contribution in [3.8, 4) is 5.92 Å². The zero-order valence-electron chi connectivity index (χ0n) is 9.19. The van der Waals surface area contributed by atoms with E-state index >= 15 is 0 Å². The van der Waals surface area contributed by atoms with Gasteiger partial charge in [0.15, 0.2) is 0 Å². The van der Waals surface area contributed by atoms with Gasteiger partial charge in [0.1, 0.15) is 5.76 Å². The van der Waals surface area contributed by atoms with Crippen LogP contribution in [-0.4, -0.2) is 0 Å². The summed E-state index contributed by atoms with van der Waals surface area (Å²) in [6.45, 7) is 10.9. The molecule has 76 valence electrons. The van der Waals surface area contributed by atoms with Crippen LogP contribution in [0.5, 0.6) is 0 Å². The average molecular weight is 190 g/mol. The maximum Gasteiger partial charge on any atom is 0.122 e. The fourth-order valence-corrected chi connectivity index (χ4v) is 0.646. The molecule has 0 radical (unpaired) electrons. The fourth-order valence-electron chi connectivity index (χ4n) is 0.646. The second-order valence-corrected chi connectivity index (χ2v) is 3.14. The maximum atomic E-state index is 6.92. The third kappa shape index (κ3) is 3.40. The van der Waals surface area contributed by atoms with Gasteiger partial charge in [0, 0.05) is 17.0 Å². The summed E-state index contributed by atoms with van der Waals surface area (Å²) in [7, 11) is 0. The fraction of sp³-hybridized carbons (Fsp3) is 0.333. The first-order valence-electron chi connectivity index (χ1n) is 4.30. The van der Waals surface area contributed by atoms with Gasteiger partial charge in [-0.25, -0.2) is 0 Å². The number of allylic oxidation sites excluding steroid dienone is 4. The Balaban J connectivity index is 4.69. The van der Waals surface area contributed by atoms with E-state index < -0.39 is 0 Å². The lowest BCUT2D eigenvalue weighted by Gasteiger charge is -2.15. The Morgan fingerprint density at radius 3 is 2.14 bits per heavy atom. The van der Waals surface area contributed by atoms with E-state index in [0.717, 1.165) is 5.57 Å². The van der Waals surface area contributed by atoms with E-state index in [1.807, 2.05) is 6.92 Å². The first-order valence-corrected chi connectivity index (χ1v) is 4.30. The Kier molecular flexibility index (Phi) is 4.58. The summed E-state index contributed by atoms with van der Waals surface area (Å²) in [6.07, 6.45) is 6.92. The molecule has 0 aromatic rings. The SMILES string of the molecule is [C-]#C/C(C)=C(/C)OC(=C)/C(C)=C(\C)N. The minimum absolute atomic E-state index is 0.511. The third-order valence-corrected chi connectivity index (χ3v) is 2.00. The Morgan fingerprint density at radius 1 is 1.29 bits per heavy atom. The van der Waals surface area contributed by atoms with Gasteiger partial charge in [-0.05, 0) is 20.8 Å². The van der Waals surface area contributed by atoms with Crippen molar-refractivity contribution < 1.29 is 4.74 Å². The van der Waals surface area contributed by atoms with Crippen molar-refractivity contribution >= 4 is 0 Å². The van der Waals surface area contributed by atoms with Crippen LogP contribution in [-0.2, 0) is 4.74 Å². The molecule has 0 atom stereocenters. The lowest BCUT2D eigenvalue weighted by Crippen LogP contribution is -2.00. The molecule has 0 fully saturated rings. The van der Waals surface area contributed by atoms with E-state index in [1.54, 1.807) is 20.8 Å². The Hall–Kier alpha value is -1.62. The number of rotatable bonds is 3. The predicted molar refractivity (Wildman–Crippen MR) is 58.3 cm³/mol. The van der Waals surface area contributed by atoms with E-state index in [9.17, 15) is 0 Å². The smallest absolute Gasteiger partial charge is 0.122 e. The van der Waals surface area contributed by atoms with Crippen LogP contribution >= 0.6 is 0 Å². The topological polar surface area (TPSA) is 35.2 Å². The first kappa shape index (κ1) is 12.4. The van der Waals surface area contributed by atoms with Gasteiger partial charge in [-0.2, -0.15) is 0 Å². The summed E-state index contributed by atoms with van der Waals surface area (Å²) in [5.41, 5.74) is 7.74. The second kappa shape index (κ2) is 5.18. The number of nitrogens with two attached hydrogens (primary N) is 1. The summed E-state index contributed by atoms with van der Waals surface area (Å²) in [4.78, 5) is 0. The molecule has 0 amide bonds. The highest BCUT2D eigenvalue weighted by molar-refractivity contribution is 5.29. The minimum Gasteiger partial charge on any atom is -0.480 e. The van der Waals surface area contributed by atoms with Gasteiger partial charge in [0.05, 0.1) is 0 Å². The standard InChI is InChI=1S/C12H16NO/c1-7-8(2)11(5)14-12(6)9(3)10(4)13/h6,13H2,2-5H3/q-1/b10-9+,11-8-. The van der Waals surface area contributed by atoms with E-state index in [4.69, 9.17) is 16.9 Å². The van der Waals surface area contributed by atoms with E-state index in [2.05, 4.69) is 12.5 Å².